The fourth-order valence-electron chi connectivity index (χ4n) is 2.82. The predicted octanol–water partition coefficient (Wildman–Crippen LogP) is 0.703. The van der Waals surface area contributed by atoms with Crippen LogP contribution in [0.4, 0.5) is 0 Å². The number of nitrogens with one attached hydrogen (secondary N) is 1. The zero-order valence-corrected chi connectivity index (χ0v) is 12.3. The summed E-state index contributed by atoms with van der Waals surface area (Å²) < 4.78 is 33.2. The summed E-state index contributed by atoms with van der Waals surface area (Å²) >= 11 is 1.31. The van der Waals surface area contributed by atoms with Gasteiger partial charge in [0, 0.05) is 23.4 Å². The lowest BCUT2D eigenvalue weighted by atomic mass is 9.73. The molecule has 0 amide bonds. The zero-order chi connectivity index (χ0) is 13.6. The van der Waals surface area contributed by atoms with Crippen LogP contribution in [-0.2, 0) is 21.2 Å². The maximum absolute atomic E-state index is 12.3. The van der Waals surface area contributed by atoms with Gasteiger partial charge in [-0.25, -0.2) is 13.1 Å². The summed E-state index contributed by atoms with van der Waals surface area (Å²) in [6, 6.07) is 3.09. The number of fused-ring (bicyclic) bond motifs is 1. The highest BCUT2D eigenvalue weighted by Gasteiger charge is 2.53. The molecule has 3 rings (SSSR count). The van der Waals surface area contributed by atoms with E-state index in [1.807, 2.05) is 13.0 Å². The highest BCUT2D eigenvalue weighted by atomic mass is 32.2. The Hall–Kier alpha value is -0.470. The molecule has 4 atom stereocenters. The lowest BCUT2D eigenvalue weighted by Gasteiger charge is -2.45. The quantitative estimate of drug-likeness (QED) is 0.858. The first kappa shape index (κ1) is 13.5. The summed E-state index contributed by atoms with van der Waals surface area (Å²) in [5, 5.41) is 0. The molecule has 2 heterocycles. The van der Waals surface area contributed by atoms with Gasteiger partial charge < -0.3 is 10.5 Å². The Labute approximate surface area is 117 Å². The van der Waals surface area contributed by atoms with E-state index >= 15 is 0 Å². The molecule has 5 nitrogen and oxygen atoms in total. The van der Waals surface area contributed by atoms with Crippen molar-refractivity contribution in [2.75, 3.05) is 6.61 Å². The van der Waals surface area contributed by atoms with Gasteiger partial charge in [-0.2, -0.15) is 0 Å². The van der Waals surface area contributed by atoms with Crippen LogP contribution in [0.5, 0.6) is 0 Å². The van der Waals surface area contributed by atoms with Crippen molar-refractivity contribution in [3.8, 4) is 0 Å². The summed E-state index contributed by atoms with van der Waals surface area (Å²) in [6.45, 7) is 2.69. The molecular weight excluding hydrogens is 284 g/mol. The van der Waals surface area contributed by atoms with E-state index in [-0.39, 0.29) is 18.2 Å². The fraction of sp³-hybridized carbons (Fsp3) is 0.667. The van der Waals surface area contributed by atoms with Crippen molar-refractivity contribution in [3.05, 3.63) is 17.0 Å². The van der Waals surface area contributed by atoms with Gasteiger partial charge in [0.05, 0.1) is 12.1 Å². The van der Waals surface area contributed by atoms with Gasteiger partial charge in [-0.3, -0.25) is 0 Å². The minimum absolute atomic E-state index is 0.0459. The largest absolute Gasteiger partial charge is 0.376 e. The fourth-order valence-corrected chi connectivity index (χ4v) is 5.42. The molecule has 7 heteroatoms. The molecule has 19 heavy (non-hydrogen) atoms. The first-order valence-electron chi connectivity index (χ1n) is 6.51. The van der Waals surface area contributed by atoms with Crippen LogP contribution in [0.25, 0.3) is 0 Å². The number of rotatable bonds is 4. The molecular formula is C12H18N2O3S2. The Morgan fingerprint density at radius 3 is 3.00 bits per heavy atom. The Kier molecular flexibility index (Phi) is 3.43. The number of nitrogens with two attached hydrogens (primary N) is 1. The van der Waals surface area contributed by atoms with Crippen LogP contribution in [0.1, 0.15) is 18.2 Å². The van der Waals surface area contributed by atoms with E-state index in [0.29, 0.717) is 16.7 Å². The van der Waals surface area contributed by atoms with Crippen LogP contribution in [0.2, 0.25) is 0 Å². The second-order valence-corrected chi connectivity index (χ2v) is 8.20. The van der Waals surface area contributed by atoms with E-state index in [1.54, 1.807) is 6.07 Å². The van der Waals surface area contributed by atoms with E-state index < -0.39 is 10.0 Å². The molecule has 0 bridgehead atoms. The van der Waals surface area contributed by atoms with Crippen molar-refractivity contribution in [3.63, 3.8) is 0 Å². The summed E-state index contributed by atoms with van der Waals surface area (Å²) in [6.07, 6.45) is 1.73. The van der Waals surface area contributed by atoms with Crippen molar-refractivity contribution in [2.24, 2.45) is 11.7 Å². The van der Waals surface area contributed by atoms with E-state index in [9.17, 15) is 8.42 Å². The number of hydrogen-bond donors (Lipinski definition) is 2. The monoisotopic (exact) mass is 302 g/mol. The van der Waals surface area contributed by atoms with Gasteiger partial charge in [0.15, 0.2) is 0 Å². The molecule has 0 aromatic carbocycles. The second-order valence-electron chi connectivity index (χ2n) is 5.09. The van der Waals surface area contributed by atoms with Gasteiger partial charge in [0.25, 0.3) is 0 Å². The van der Waals surface area contributed by atoms with Crippen LogP contribution in [0.3, 0.4) is 0 Å². The molecule has 1 saturated carbocycles. The lowest BCUT2D eigenvalue weighted by Crippen LogP contribution is -2.68. The van der Waals surface area contributed by atoms with Gasteiger partial charge in [-0.05, 0) is 25.0 Å². The molecule has 2 aliphatic rings. The van der Waals surface area contributed by atoms with Crippen molar-refractivity contribution >= 4 is 21.4 Å². The highest BCUT2D eigenvalue weighted by Crippen LogP contribution is 2.38. The number of aryl methyl sites for hydroxylation is 1. The molecule has 1 aromatic rings. The average Bonchev–Trinajstić information content (AvgIpc) is 3.03. The maximum atomic E-state index is 12.3. The van der Waals surface area contributed by atoms with Crippen LogP contribution >= 0.6 is 11.3 Å². The van der Waals surface area contributed by atoms with Crippen LogP contribution in [0, 0.1) is 5.92 Å². The molecule has 106 valence electrons. The Morgan fingerprint density at radius 1 is 1.53 bits per heavy atom. The molecule has 1 aliphatic heterocycles. The third-order valence-corrected chi connectivity index (χ3v) is 7.17. The molecule has 0 spiro atoms. The van der Waals surface area contributed by atoms with Gasteiger partial charge in [0.2, 0.25) is 10.0 Å². The maximum Gasteiger partial charge on any atom is 0.250 e. The standard InChI is InChI=1S/C12H18N2O3S2/c1-2-7-3-4-9(18-7)19(15,16)14-11-10(13)8-5-6-17-12(8)11/h3-4,8,10-12,14H,2,5-6,13H2,1H3. The minimum Gasteiger partial charge on any atom is -0.376 e. The Bertz CT molecular complexity index is 569. The molecule has 3 N–H and O–H groups in total. The first-order chi connectivity index (χ1) is 9.03. The molecule has 4 unspecified atom stereocenters. The molecule has 0 radical (unpaired) electrons. The van der Waals surface area contributed by atoms with Crippen LogP contribution in [0.15, 0.2) is 16.3 Å². The average molecular weight is 302 g/mol. The first-order valence-corrected chi connectivity index (χ1v) is 8.81. The molecule has 2 fully saturated rings. The normalized spacial score (nSPS) is 34.0. The number of thiophene rings is 1. The van der Waals surface area contributed by atoms with Crippen LogP contribution in [-0.4, -0.2) is 33.2 Å². The van der Waals surface area contributed by atoms with Crippen molar-refractivity contribution in [1.82, 2.24) is 4.72 Å². The van der Waals surface area contributed by atoms with Gasteiger partial charge in [0.1, 0.15) is 4.21 Å². The van der Waals surface area contributed by atoms with E-state index in [4.69, 9.17) is 10.5 Å². The third kappa shape index (κ3) is 2.23. The molecule has 1 aromatic heterocycles. The minimum atomic E-state index is -3.47. The van der Waals surface area contributed by atoms with Crippen LogP contribution < -0.4 is 10.5 Å². The van der Waals surface area contributed by atoms with E-state index in [2.05, 4.69) is 4.72 Å². The van der Waals surface area contributed by atoms with Gasteiger partial charge >= 0.3 is 0 Å². The van der Waals surface area contributed by atoms with Gasteiger partial charge in [-0.1, -0.05) is 6.92 Å². The zero-order valence-electron chi connectivity index (χ0n) is 10.7. The third-order valence-electron chi connectivity index (χ3n) is 3.99. The Balaban J connectivity index is 1.75. The van der Waals surface area contributed by atoms with Crippen molar-refractivity contribution in [2.45, 2.75) is 42.2 Å². The topological polar surface area (TPSA) is 81.4 Å². The predicted molar refractivity (Wildman–Crippen MR) is 73.6 cm³/mol. The summed E-state index contributed by atoms with van der Waals surface area (Å²) in [4.78, 5) is 1.06. The number of ether oxygens (including phenoxy) is 1. The SMILES string of the molecule is CCc1ccc(S(=O)(=O)NC2C(N)C3CCOC32)s1. The van der Waals surface area contributed by atoms with Crippen molar-refractivity contribution in [1.29, 1.82) is 0 Å². The van der Waals surface area contributed by atoms with E-state index in [0.717, 1.165) is 17.7 Å². The summed E-state index contributed by atoms with van der Waals surface area (Å²) in [7, 11) is -3.47. The second kappa shape index (κ2) is 4.82. The lowest BCUT2D eigenvalue weighted by molar-refractivity contribution is -0.00922. The number of sulfonamides is 1. The Morgan fingerprint density at radius 2 is 2.32 bits per heavy atom. The van der Waals surface area contributed by atoms with Gasteiger partial charge in [-0.15, -0.1) is 11.3 Å². The smallest absolute Gasteiger partial charge is 0.250 e. The summed E-state index contributed by atoms with van der Waals surface area (Å²) in [5.74, 6) is 0.308. The molecule has 1 aliphatic carbocycles. The highest BCUT2D eigenvalue weighted by molar-refractivity contribution is 7.91. The van der Waals surface area contributed by atoms with Crippen molar-refractivity contribution < 1.29 is 13.2 Å². The van der Waals surface area contributed by atoms with E-state index in [1.165, 1.54) is 11.3 Å². The summed E-state index contributed by atoms with van der Waals surface area (Å²) in [5.41, 5.74) is 6.02. The molecule has 1 saturated heterocycles. The number of hydrogen-bond acceptors (Lipinski definition) is 5.